The van der Waals surface area contributed by atoms with Gasteiger partial charge in [0.15, 0.2) is 11.5 Å². The van der Waals surface area contributed by atoms with E-state index in [-0.39, 0.29) is 18.1 Å². The van der Waals surface area contributed by atoms with Crippen molar-refractivity contribution in [3.05, 3.63) is 21.6 Å². The van der Waals surface area contributed by atoms with E-state index in [9.17, 15) is 14.9 Å². The monoisotopic (exact) mass is 199 g/mol. The topological polar surface area (TPSA) is 98.1 Å². The molecule has 0 fully saturated rings. The number of H-pyrrole nitrogens is 1. The Kier molecular flexibility index (Phi) is 2.80. The third kappa shape index (κ3) is 2.28. The van der Waals surface area contributed by atoms with Crippen molar-refractivity contribution in [3.8, 4) is 0 Å². The normalized spacial score (nSPS) is 9.86. The third-order valence-corrected chi connectivity index (χ3v) is 1.47. The maximum atomic E-state index is 10.5. The number of aryl methyl sites for hydroxylation is 1. The quantitative estimate of drug-likeness (QED) is 0.438. The summed E-state index contributed by atoms with van der Waals surface area (Å²) >= 11 is 0. The van der Waals surface area contributed by atoms with Crippen LogP contribution in [0.3, 0.4) is 0 Å². The number of esters is 1. The number of aromatic nitrogens is 2. The maximum Gasteiger partial charge on any atom is 0.347 e. The SMILES string of the molecule is CC(=O)OCc1nc(C)[nH]c1[N+](=O)[O-]. The average Bonchev–Trinajstić information content (AvgIpc) is 2.43. The van der Waals surface area contributed by atoms with Crippen molar-refractivity contribution >= 4 is 11.8 Å². The first-order valence-corrected chi connectivity index (χ1v) is 3.84. The van der Waals surface area contributed by atoms with E-state index in [0.29, 0.717) is 5.82 Å². The van der Waals surface area contributed by atoms with E-state index < -0.39 is 10.9 Å². The van der Waals surface area contributed by atoms with Crippen LogP contribution in [0.2, 0.25) is 0 Å². The van der Waals surface area contributed by atoms with Crippen LogP contribution >= 0.6 is 0 Å². The van der Waals surface area contributed by atoms with Gasteiger partial charge in [-0.1, -0.05) is 0 Å². The zero-order valence-corrected chi connectivity index (χ0v) is 7.73. The molecule has 0 amide bonds. The van der Waals surface area contributed by atoms with Crippen molar-refractivity contribution in [2.75, 3.05) is 0 Å². The minimum Gasteiger partial charge on any atom is -0.459 e. The van der Waals surface area contributed by atoms with Gasteiger partial charge >= 0.3 is 11.8 Å². The largest absolute Gasteiger partial charge is 0.459 e. The van der Waals surface area contributed by atoms with Crippen molar-refractivity contribution < 1.29 is 14.5 Å². The lowest BCUT2D eigenvalue weighted by Crippen LogP contribution is -2.01. The van der Waals surface area contributed by atoms with E-state index in [4.69, 9.17) is 0 Å². The lowest BCUT2D eigenvalue weighted by atomic mass is 10.4. The van der Waals surface area contributed by atoms with Crippen LogP contribution in [0, 0.1) is 17.0 Å². The number of carbonyl (C=O) groups is 1. The van der Waals surface area contributed by atoms with Crippen molar-refractivity contribution in [2.45, 2.75) is 20.5 Å². The lowest BCUT2D eigenvalue weighted by Gasteiger charge is -1.97. The summed E-state index contributed by atoms with van der Waals surface area (Å²) in [7, 11) is 0. The second-order valence-corrected chi connectivity index (χ2v) is 2.65. The van der Waals surface area contributed by atoms with Crippen molar-refractivity contribution in [1.29, 1.82) is 0 Å². The summed E-state index contributed by atoms with van der Waals surface area (Å²) in [5.41, 5.74) is 0.128. The van der Waals surface area contributed by atoms with Crippen LogP contribution in [0.4, 0.5) is 5.82 Å². The predicted octanol–water partition coefficient (Wildman–Crippen LogP) is 0.689. The van der Waals surface area contributed by atoms with Gasteiger partial charge in [-0.25, -0.2) is 9.97 Å². The van der Waals surface area contributed by atoms with Crippen LogP contribution in [-0.2, 0) is 16.1 Å². The molecule has 0 atom stereocenters. The molecule has 76 valence electrons. The second kappa shape index (κ2) is 3.86. The van der Waals surface area contributed by atoms with E-state index >= 15 is 0 Å². The molecule has 14 heavy (non-hydrogen) atoms. The van der Waals surface area contributed by atoms with E-state index in [1.807, 2.05) is 0 Å². The molecule has 0 aliphatic heterocycles. The number of carbonyl (C=O) groups excluding carboxylic acids is 1. The average molecular weight is 199 g/mol. The third-order valence-electron chi connectivity index (χ3n) is 1.47. The summed E-state index contributed by atoms with van der Waals surface area (Å²) in [5, 5.41) is 10.5. The zero-order chi connectivity index (χ0) is 10.7. The molecule has 1 rings (SSSR count). The summed E-state index contributed by atoms with van der Waals surface area (Å²) < 4.78 is 4.61. The first-order chi connectivity index (χ1) is 6.50. The molecule has 0 aliphatic rings. The summed E-state index contributed by atoms with van der Waals surface area (Å²) in [6, 6.07) is 0. The van der Waals surface area contributed by atoms with Gasteiger partial charge in [-0.3, -0.25) is 4.79 Å². The summed E-state index contributed by atoms with van der Waals surface area (Å²) in [5.74, 6) is -0.317. The molecule has 0 radical (unpaired) electrons. The van der Waals surface area contributed by atoms with Gasteiger partial charge < -0.3 is 14.9 Å². The number of hydrogen-bond donors (Lipinski definition) is 1. The molecule has 0 bridgehead atoms. The molecular formula is C7H9N3O4. The number of nitrogens with zero attached hydrogens (tertiary/aromatic N) is 2. The zero-order valence-electron chi connectivity index (χ0n) is 7.73. The van der Waals surface area contributed by atoms with E-state index in [0.717, 1.165) is 0 Å². The van der Waals surface area contributed by atoms with Gasteiger partial charge in [-0.2, -0.15) is 0 Å². The van der Waals surface area contributed by atoms with Crippen LogP contribution in [-0.4, -0.2) is 20.9 Å². The molecule has 0 spiro atoms. The number of rotatable bonds is 3. The Morgan fingerprint density at radius 1 is 1.71 bits per heavy atom. The van der Waals surface area contributed by atoms with Crippen LogP contribution in [0.25, 0.3) is 0 Å². The summed E-state index contributed by atoms with van der Waals surface area (Å²) in [6.45, 7) is 2.63. The number of nitrogens with one attached hydrogen (secondary N) is 1. The van der Waals surface area contributed by atoms with Gasteiger partial charge in [-0.05, 0) is 4.92 Å². The van der Waals surface area contributed by atoms with Crippen molar-refractivity contribution in [2.24, 2.45) is 0 Å². The van der Waals surface area contributed by atoms with Gasteiger partial charge in [-0.15, -0.1) is 0 Å². The smallest absolute Gasteiger partial charge is 0.347 e. The highest BCUT2D eigenvalue weighted by atomic mass is 16.6. The van der Waals surface area contributed by atoms with Crippen LogP contribution in [0.5, 0.6) is 0 Å². The van der Waals surface area contributed by atoms with Gasteiger partial charge in [0.2, 0.25) is 0 Å². The predicted molar refractivity (Wildman–Crippen MR) is 45.4 cm³/mol. The Labute approximate surface area is 79.2 Å². The molecule has 1 heterocycles. The molecule has 0 aliphatic carbocycles. The minimum atomic E-state index is -0.598. The fraction of sp³-hybridized carbons (Fsp3) is 0.429. The summed E-state index contributed by atoms with van der Waals surface area (Å²) in [4.78, 5) is 26.6. The number of aromatic amines is 1. The van der Waals surface area contributed by atoms with E-state index in [2.05, 4.69) is 14.7 Å². The van der Waals surface area contributed by atoms with E-state index in [1.54, 1.807) is 6.92 Å². The Bertz CT molecular complexity index is 371. The van der Waals surface area contributed by atoms with Crippen LogP contribution < -0.4 is 0 Å². The molecule has 7 heteroatoms. The number of nitro groups is 1. The van der Waals surface area contributed by atoms with E-state index in [1.165, 1.54) is 6.92 Å². The maximum absolute atomic E-state index is 10.5. The molecular weight excluding hydrogens is 190 g/mol. The first kappa shape index (κ1) is 10.2. The Balaban J connectivity index is 2.84. The highest BCUT2D eigenvalue weighted by Gasteiger charge is 2.18. The highest BCUT2D eigenvalue weighted by Crippen LogP contribution is 2.15. The second-order valence-electron chi connectivity index (χ2n) is 2.65. The van der Waals surface area contributed by atoms with Crippen LogP contribution in [0.15, 0.2) is 0 Å². The fourth-order valence-corrected chi connectivity index (χ4v) is 0.948. The minimum absolute atomic E-state index is 0.128. The molecule has 7 nitrogen and oxygen atoms in total. The summed E-state index contributed by atoms with van der Waals surface area (Å²) in [6.07, 6.45) is 0. The van der Waals surface area contributed by atoms with Gasteiger partial charge in [0, 0.05) is 13.8 Å². The van der Waals surface area contributed by atoms with Gasteiger partial charge in [0.25, 0.3) is 0 Å². The Morgan fingerprint density at radius 2 is 2.36 bits per heavy atom. The molecule has 0 unspecified atom stereocenters. The number of ether oxygens (including phenoxy) is 1. The highest BCUT2D eigenvalue weighted by molar-refractivity contribution is 5.65. The first-order valence-electron chi connectivity index (χ1n) is 3.84. The molecule has 0 saturated carbocycles. The Hall–Kier alpha value is -1.92. The van der Waals surface area contributed by atoms with Crippen molar-refractivity contribution in [3.63, 3.8) is 0 Å². The molecule has 0 saturated heterocycles. The number of hydrogen-bond acceptors (Lipinski definition) is 5. The molecule has 1 aromatic heterocycles. The number of imidazole rings is 1. The Morgan fingerprint density at radius 3 is 2.86 bits per heavy atom. The van der Waals surface area contributed by atoms with Gasteiger partial charge in [0.05, 0.1) is 0 Å². The molecule has 1 aromatic rings. The van der Waals surface area contributed by atoms with Crippen LogP contribution in [0.1, 0.15) is 18.4 Å². The van der Waals surface area contributed by atoms with Gasteiger partial charge in [0.1, 0.15) is 6.61 Å². The molecule has 1 N–H and O–H groups in total. The standard InChI is InChI=1S/C7H9N3O4/c1-4-8-6(3-14-5(2)11)7(9-4)10(12)13/h3H2,1-2H3,(H,8,9). The fourth-order valence-electron chi connectivity index (χ4n) is 0.948. The molecule has 0 aromatic carbocycles. The lowest BCUT2D eigenvalue weighted by molar-refractivity contribution is -0.390. The van der Waals surface area contributed by atoms with Crippen molar-refractivity contribution in [1.82, 2.24) is 9.97 Å².